The zero-order valence-electron chi connectivity index (χ0n) is 8.26. The van der Waals surface area contributed by atoms with E-state index in [4.69, 9.17) is 4.74 Å². The van der Waals surface area contributed by atoms with Crippen molar-refractivity contribution in [3.8, 4) is 5.75 Å². The van der Waals surface area contributed by atoms with E-state index in [0.717, 1.165) is 31.6 Å². The average Bonchev–Trinajstić information content (AvgIpc) is 2.59. The Morgan fingerprint density at radius 2 is 2.38 bits per heavy atom. The SMILES string of the molecule is CCCc1ncc(C)c2c1CCO2. The Hall–Kier alpha value is -1.05. The number of nitrogens with zero attached hydrogens (tertiary/aromatic N) is 1. The van der Waals surface area contributed by atoms with Gasteiger partial charge in [-0.25, -0.2) is 0 Å². The van der Waals surface area contributed by atoms with E-state index in [-0.39, 0.29) is 0 Å². The average molecular weight is 177 g/mol. The molecule has 0 amide bonds. The van der Waals surface area contributed by atoms with Crippen molar-refractivity contribution in [2.75, 3.05) is 6.61 Å². The van der Waals surface area contributed by atoms with Gasteiger partial charge < -0.3 is 4.74 Å². The molecule has 1 aromatic heterocycles. The van der Waals surface area contributed by atoms with Crippen LogP contribution in [0.15, 0.2) is 6.20 Å². The minimum absolute atomic E-state index is 0.832. The summed E-state index contributed by atoms with van der Waals surface area (Å²) in [6, 6.07) is 0. The number of pyridine rings is 1. The molecule has 0 aromatic carbocycles. The van der Waals surface area contributed by atoms with Crippen molar-refractivity contribution in [1.29, 1.82) is 0 Å². The monoisotopic (exact) mass is 177 g/mol. The van der Waals surface area contributed by atoms with Gasteiger partial charge in [0.15, 0.2) is 0 Å². The van der Waals surface area contributed by atoms with Gasteiger partial charge in [0.2, 0.25) is 0 Å². The molecule has 1 aromatic rings. The summed E-state index contributed by atoms with van der Waals surface area (Å²) in [5.74, 6) is 1.10. The van der Waals surface area contributed by atoms with Crippen molar-refractivity contribution in [1.82, 2.24) is 4.98 Å². The van der Waals surface area contributed by atoms with Crippen LogP contribution in [0.5, 0.6) is 5.75 Å². The molecule has 13 heavy (non-hydrogen) atoms. The Labute approximate surface area is 78.9 Å². The topological polar surface area (TPSA) is 22.1 Å². The molecule has 1 aliphatic heterocycles. The van der Waals surface area contributed by atoms with Crippen molar-refractivity contribution in [2.45, 2.75) is 33.1 Å². The number of fused-ring (bicyclic) bond motifs is 1. The van der Waals surface area contributed by atoms with Gasteiger partial charge in [0, 0.05) is 29.4 Å². The lowest BCUT2D eigenvalue weighted by molar-refractivity contribution is 0.354. The van der Waals surface area contributed by atoms with Crippen LogP contribution in [0, 0.1) is 6.92 Å². The highest BCUT2D eigenvalue weighted by atomic mass is 16.5. The van der Waals surface area contributed by atoms with Crippen LogP contribution in [0.3, 0.4) is 0 Å². The first-order chi connectivity index (χ1) is 6.33. The van der Waals surface area contributed by atoms with Gasteiger partial charge in [0.05, 0.1) is 6.61 Å². The van der Waals surface area contributed by atoms with E-state index in [1.165, 1.54) is 16.8 Å². The molecular weight excluding hydrogens is 162 g/mol. The molecule has 2 heterocycles. The molecular formula is C11H15NO. The minimum atomic E-state index is 0.832. The van der Waals surface area contributed by atoms with Crippen molar-refractivity contribution in [2.24, 2.45) is 0 Å². The lowest BCUT2D eigenvalue weighted by atomic mass is 10.1. The molecule has 0 bridgehead atoms. The van der Waals surface area contributed by atoms with Crippen molar-refractivity contribution >= 4 is 0 Å². The van der Waals surface area contributed by atoms with Crippen molar-refractivity contribution in [3.63, 3.8) is 0 Å². The summed E-state index contributed by atoms with van der Waals surface area (Å²) in [6.45, 7) is 5.08. The standard InChI is InChI=1S/C11H15NO/c1-3-4-10-9-5-6-13-11(9)8(2)7-12-10/h7H,3-6H2,1-2H3. The van der Waals surface area contributed by atoms with E-state index in [1.807, 2.05) is 6.20 Å². The third kappa shape index (κ3) is 1.41. The lowest BCUT2D eigenvalue weighted by Gasteiger charge is -2.06. The van der Waals surface area contributed by atoms with Gasteiger partial charge in [-0.05, 0) is 13.3 Å². The zero-order chi connectivity index (χ0) is 9.26. The van der Waals surface area contributed by atoms with Gasteiger partial charge >= 0.3 is 0 Å². The van der Waals surface area contributed by atoms with Gasteiger partial charge in [-0.2, -0.15) is 0 Å². The van der Waals surface area contributed by atoms with Crippen LogP contribution in [0.25, 0.3) is 0 Å². The highest BCUT2D eigenvalue weighted by molar-refractivity contribution is 5.44. The van der Waals surface area contributed by atoms with Crippen LogP contribution in [-0.2, 0) is 12.8 Å². The highest BCUT2D eigenvalue weighted by Crippen LogP contribution is 2.30. The molecule has 2 nitrogen and oxygen atoms in total. The first-order valence-corrected chi connectivity index (χ1v) is 4.93. The quantitative estimate of drug-likeness (QED) is 0.691. The number of aryl methyl sites for hydroxylation is 2. The van der Waals surface area contributed by atoms with Gasteiger partial charge in [-0.3, -0.25) is 4.98 Å². The third-order valence-electron chi connectivity index (χ3n) is 2.48. The molecule has 0 unspecified atom stereocenters. The first kappa shape index (κ1) is 8.54. The Morgan fingerprint density at radius 1 is 1.54 bits per heavy atom. The summed E-state index contributed by atoms with van der Waals surface area (Å²) in [5.41, 5.74) is 3.76. The fraction of sp³-hybridized carbons (Fsp3) is 0.545. The predicted octanol–water partition coefficient (Wildman–Crippen LogP) is 2.28. The van der Waals surface area contributed by atoms with Crippen molar-refractivity contribution in [3.05, 3.63) is 23.0 Å². The predicted molar refractivity (Wildman–Crippen MR) is 52.2 cm³/mol. The zero-order valence-corrected chi connectivity index (χ0v) is 8.26. The Balaban J connectivity index is 2.43. The Bertz CT molecular complexity index is 320. The number of aromatic nitrogens is 1. The second kappa shape index (κ2) is 3.36. The Kier molecular flexibility index (Phi) is 2.21. The maximum absolute atomic E-state index is 5.58. The summed E-state index contributed by atoms with van der Waals surface area (Å²) in [5, 5.41) is 0. The lowest BCUT2D eigenvalue weighted by Crippen LogP contribution is -1.96. The third-order valence-corrected chi connectivity index (χ3v) is 2.48. The summed E-state index contributed by atoms with van der Waals surface area (Å²) in [6.07, 6.45) is 5.20. The molecule has 0 aliphatic carbocycles. The molecule has 0 atom stereocenters. The maximum atomic E-state index is 5.58. The number of rotatable bonds is 2. The summed E-state index contributed by atoms with van der Waals surface area (Å²) in [7, 11) is 0. The molecule has 0 saturated heterocycles. The van der Waals surface area contributed by atoms with Crippen LogP contribution in [0.1, 0.15) is 30.2 Å². The molecule has 1 aliphatic rings. The van der Waals surface area contributed by atoms with E-state index in [1.54, 1.807) is 0 Å². The fourth-order valence-electron chi connectivity index (χ4n) is 1.85. The molecule has 0 N–H and O–H groups in total. The molecule has 0 fully saturated rings. The fourth-order valence-corrected chi connectivity index (χ4v) is 1.85. The van der Waals surface area contributed by atoms with Crippen LogP contribution in [-0.4, -0.2) is 11.6 Å². The van der Waals surface area contributed by atoms with Gasteiger partial charge in [0.25, 0.3) is 0 Å². The normalized spacial score (nSPS) is 14.0. The number of ether oxygens (including phenoxy) is 1. The van der Waals surface area contributed by atoms with E-state index in [9.17, 15) is 0 Å². The molecule has 0 saturated carbocycles. The first-order valence-electron chi connectivity index (χ1n) is 4.93. The van der Waals surface area contributed by atoms with Crippen LogP contribution < -0.4 is 4.74 Å². The maximum Gasteiger partial charge on any atom is 0.128 e. The van der Waals surface area contributed by atoms with Crippen LogP contribution in [0.2, 0.25) is 0 Å². The smallest absolute Gasteiger partial charge is 0.128 e. The summed E-state index contributed by atoms with van der Waals surface area (Å²) in [4.78, 5) is 4.46. The summed E-state index contributed by atoms with van der Waals surface area (Å²) < 4.78 is 5.58. The van der Waals surface area contributed by atoms with Crippen LogP contribution >= 0.6 is 0 Å². The summed E-state index contributed by atoms with van der Waals surface area (Å²) >= 11 is 0. The van der Waals surface area contributed by atoms with E-state index in [2.05, 4.69) is 18.8 Å². The Morgan fingerprint density at radius 3 is 3.15 bits per heavy atom. The van der Waals surface area contributed by atoms with E-state index in [0.29, 0.717) is 0 Å². The minimum Gasteiger partial charge on any atom is -0.493 e. The van der Waals surface area contributed by atoms with Gasteiger partial charge in [0.1, 0.15) is 5.75 Å². The van der Waals surface area contributed by atoms with E-state index >= 15 is 0 Å². The van der Waals surface area contributed by atoms with Gasteiger partial charge in [-0.1, -0.05) is 13.3 Å². The largest absolute Gasteiger partial charge is 0.493 e. The molecule has 2 heteroatoms. The van der Waals surface area contributed by atoms with Crippen molar-refractivity contribution < 1.29 is 4.74 Å². The second-order valence-corrected chi connectivity index (χ2v) is 3.54. The molecule has 0 radical (unpaired) electrons. The highest BCUT2D eigenvalue weighted by Gasteiger charge is 2.18. The molecule has 0 spiro atoms. The molecule has 2 rings (SSSR count). The number of hydrogen-bond acceptors (Lipinski definition) is 2. The van der Waals surface area contributed by atoms with E-state index < -0.39 is 0 Å². The number of hydrogen-bond donors (Lipinski definition) is 0. The van der Waals surface area contributed by atoms with Crippen LogP contribution in [0.4, 0.5) is 0 Å². The second-order valence-electron chi connectivity index (χ2n) is 3.54. The molecule has 70 valence electrons. The van der Waals surface area contributed by atoms with Gasteiger partial charge in [-0.15, -0.1) is 0 Å².